The Hall–Kier alpha value is -1.11. The first-order valence-corrected chi connectivity index (χ1v) is 23.7. The summed E-state index contributed by atoms with van der Waals surface area (Å²) in [5, 5.41) is 0. The molecule has 0 saturated carbocycles. The monoisotopic (exact) mass is 809 g/mol. The Kier molecular flexibility index (Phi) is 31.9. The van der Waals surface area contributed by atoms with Gasteiger partial charge in [0.25, 0.3) is 0 Å². The van der Waals surface area contributed by atoms with Crippen molar-refractivity contribution >= 4 is 19.8 Å². The number of nitrogens with zero attached hydrogens (tertiary/aromatic N) is 1. The summed E-state index contributed by atoms with van der Waals surface area (Å²) in [6.07, 6.45) is 28.0. The lowest BCUT2D eigenvalue weighted by Gasteiger charge is -2.24. The van der Waals surface area contributed by atoms with Gasteiger partial charge in [-0.25, -0.2) is 14.3 Å². The van der Waals surface area contributed by atoms with Gasteiger partial charge in [0.1, 0.15) is 19.8 Å². The molecule has 0 aromatic rings. The Morgan fingerprint density at radius 3 is 1.47 bits per heavy atom. The molecule has 12 nitrogen and oxygen atoms in total. The topological polar surface area (TPSA) is 136 Å². The highest BCUT2D eigenvalue weighted by molar-refractivity contribution is 7.47. The fourth-order valence-electron chi connectivity index (χ4n) is 6.32. The van der Waals surface area contributed by atoms with Gasteiger partial charge >= 0.3 is 19.8 Å². The van der Waals surface area contributed by atoms with E-state index in [1.165, 1.54) is 96.3 Å². The van der Waals surface area contributed by atoms with Crippen molar-refractivity contribution in [1.29, 1.82) is 0 Å². The number of phosphoric ester groups is 1. The zero-order chi connectivity index (χ0) is 40.5. The van der Waals surface area contributed by atoms with Crippen molar-refractivity contribution in [2.45, 2.75) is 212 Å². The lowest BCUT2D eigenvalue weighted by molar-refractivity contribution is -0.870. The Morgan fingerprint density at radius 1 is 0.600 bits per heavy atom. The van der Waals surface area contributed by atoms with Crippen LogP contribution in [0.2, 0.25) is 0 Å². The van der Waals surface area contributed by atoms with Crippen molar-refractivity contribution in [3.05, 3.63) is 0 Å². The van der Waals surface area contributed by atoms with Crippen LogP contribution < -0.4 is 0 Å². The predicted octanol–water partition coefficient (Wildman–Crippen LogP) is 10.9. The van der Waals surface area contributed by atoms with Crippen LogP contribution in [0.5, 0.6) is 0 Å². The minimum atomic E-state index is -4.39. The minimum absolute atomic E-state index is 0.0180. The molecule has 326 valence electrons. The number of esters is 2. The highest BCUT2D eigenvalue weighted by atomic mass is 31.2. The SMILES string of the molecule is CCCCCCCCCCCCCCCC(=O)OCC(COP(=O)(O)OCC[N+](C)(C)C)OC(=O)CCCCCCCC1OOC(CCCCCCCC)O1. The molecular weight excluding hydrogens is 725 g/mol. The summed E-state index contributed by atoms with van der Waals surface area (Å²) in [4.78, 5) is 46.1. The predicted molar refractivity (Wildman–Crippen MR) is 217 cm³/mol. The highest BCUT2D eigenvalue weighted by Gasteiger charge is 2.28. The molecule has 1 rings (SSSR count). The van der Waals surface area contributed by atoms with Crippen LogP contribution in [0, 0.1) is 0 Å². The maximum absolute atomic E-state index is 12.7. The lowest BCUT2D eigenvalue weighted by atomic mass is 10.0. The fraction of sp³-hybridized carbons (Fsp3) is 0.952. The Morgan fingerprint density at radius 2 is 1.02 bits per heavy atom. The molecule has 0 aromatic carbocycles. The molecule has 13 heteroatoms. The smallest absolute Gasteiger partial charge is 0.462 e. The molecule has 4 unspecified atom stereocenters. The molecule has 0 aromatic heterocycles. The van der Waals surface area contributed by atoms with Gasteiger partial charge in [0.15, 0.2) is 18.7 Å². The summed E-state index contributed by atoms with van der Waals surface area (Å²) in [5.41, 5.74) is 0. The number of hydrogen-bond donors (Lipinski definition) is 1. The summed E-state index contributed by atoms with van der Waals surface area (Å²) < 4.78 is 40.1. The number of unbranched alkanes of at least 4 members (excludes halogenated alkanes) is 21. The van der Waals surface area contributed by atoms with E-state index in [0.29, 0.717) is 17.4 Å². The quantitative estimate of drug-likeness (QED) is 0.0209. The van der Waals surface area contributed by atoms with Gasteiger partial charge in [-0.2, -0.15) is 0 Å². The molecule has 1 aliphatic heterocycles. The van der Waals surface area contributed by atoms with Crippen molar-refractivity contribution in [2.24, 2.45) is 0 Å². The maximum atomic E-state index is 12.7. The second-order valence-corrected chi connectivity index (χ2v) is 17.9. The van der Waals surface area contributed by atoms with Crippen molar-refractivity contribution in [3.63, 3.8) is 0 Å². The van der Waals surface area contributed by atoms with Gasteiger partial charge in [0, 0.05) is 25.7 Å². The Bertz CT molecular complexity index is 980. The number of likely N-dealkylation sites (N-methyl/N-ethyl adjacent to an activating group) is 1. The number of carbonyl (C=O) groups excluding carboxylic acids is 2. The van der Waals surface area contributed by atoms with Crippen LogP contribution in [-0.4, -0.2) is 87.5 Å². The summed E-state index contributed by atoms with van der Waals surface area (Å²) in [7, 11) is 1.43. The number of carbonyl (C=O) groups is 2. The molecule has 55 heavy (non-hydrogen) atoms. The van der Waals surface area contributed by atoms with Crippen LogP contribution in [0.4, 0.5) is 0 Å². The maximum Gasteiger partial charge on any atom is 0.472 e. The van der Waals surface area contributed by atoms with Crippen LogP contribution in [-0.2, 0) is 47.2 Å². The molecule has 0 aliphatic carbocycles. The van der Waals surface area contributed by atoms with Gasteiger partial charge in [-0.3, -0.25) is 18.6 Å². The van der Waals surface area contributed by atoms with E-state index in [9.17, 15) is 19.0 Å². The largest absolute Gasteiger partial charge is 0.472 e. The van der Waals surface area contributed by atoms with Gasteiger partial charge in [-0.05, 0) is 25.7 Å². The van der Waals surface area contributed by atoms with E-state index in [2.05, 4.69) is 13.8 Å². The molecule has 1 N–H and O–H groups in total. The van der Waals surface area contributed by atoms with Crippen LogP contribution in [0.1, 0.15) is 194 Å². The van der Waals surface area contributed by atoms with Crippen LogP contribution in [0.25, 0.3) is 0 Å². The first-order valence-electron chi connectivity index (χ1n) is 22.2. The molecule has 1 heterocycles. The Balaban J connectivity index is 2.30. The Labute approximate surface area is 335 Å². The molecule has 1 saturated heterocycles. The van der Waals surface area contributed by atoms with E-state index in [0.717, 1.165) is 64.2 Å². The zero-order valence-electron chi connectivity index (χ0n) is 35.8. The number of ether oxygens (including phenoxy) is 3. The average molecular weight is 809 g/mol. The van der Waals surface area contributed by atoms with Crippen LogP contribution in [0.3, 0.4) is 0 Å². The molecule has 0 amide bonds. The standard InChI is InChI=1S/C42H82NO11P/c1-6-8-10-12-14-15-16-17-18-19-20-22-26-30-39(44)48-36-38(37-50-55(46,47)49-35-34-43(3,4)5)51-40(45)31-27-23-21-25-29-33-42-52-41(53-54-42)32-28-24-13-11-9-7-2/h38,41-42H,6-37H2,1-5H3/p+1. The number of rotatable bonds is 39. The summed E-state index contributed by atoms with van der Waals surface area (Å²) in [6.45, 7) is 4.31. The average Bonchev–Trinajstić information content (AvgIpc) is 3.59. The van der Waals surface area contributed by atoms with Crippen molar-refractivity contribution in [3.8, 4) is 0 Å². The summed E-state index contributed by atoms with van der Waals surface area (Å²) >= 11 is 0. The van der Waals surface area contributed by atoms with E-state index in [1.807, 2.05) is 21.1 Å². The third-order valence-electron chi connectivity index (χ3n) is 9.84. The number of quaternary nitrogens is 1. The molecule has 1 fully saturated rings. The van der Waals surface area contributed by atoms with Crippen molar-refractivity contribution < 1.29 is 56.6 Å². The van der Waals surface area contributed by atoms with E-state index in [4.69, 9.17) is 33.0 Å². The summed E-state index contributed by atoms with van der Waals surface area (Å²) in [5.74, 6) is -0.857. The second kappa shape index (κ2) is 33.8. The zero-order valence-corrected chi connectivity index (χ0v) is 36.7. The van der Waals surface area contributed by atoms with Crippen LogP contribution in [0.15, 0.2) is 0 Å². The van der Waals surface area contributed by atoms with E-state index in [1.54, 1.807) is 0 Å². The van der Waals surface area contributed by atoms with Crippen molar-refractivity contribution in [2.75, 3.05) is 47.5 Å². The third kappa shape index (κ3) is 33.6. The molecule has 0 bridgehead atoms. The van der Waals surface area contributed by atoms with E-state index >= 15 is 0 Å². The van der Waals surface area contributed by atoms with Gasteiger partial charge in [-0.15, -0.1) is 0 Å². The minimum Gasteiger partial charge on any atom is -0.462 e. The first-order chi connectivity index (χ1) is 26.4. The molecule has 0 spiro atoms. The van der Waals surface area contributed by atoms with Crippen molar-refractivity contribution in [1.82, 2.24) is 0 Å². The molecule has 1 aliphatic rings. The lowest BCUT2D eigenvalue weighted by Crippen LogP contribution is -2.37. The molecule has 4 atom stereocenters. The van der Waals surface area contributed by atoms with Gasteiger partial charge < -0.3 is 23.6 Å². The van der Waals surface area contributed by atoms with E-state index < -0.39 is 26.5 Å². The fourth-order valence-corrected chi connectivity index (χ4v) is 7.07. The van der Waals surface area contributed by atoms with Gasteiger partial charge in [0.05, 0.1) is 27.7 Å². The highest BCUT2D eigenvalue weighted by Crippen LogP contribution is 2.43. The second-order valence-electron chi connectivity index (χ2n) is 16.4. The normalized spacial score (nSPS) is 17.6. The summed E-state index contributed by atoms with van der Waals surface area (Å²) in [6, 6.07) is 0. The van der Waals surface area contributed by atoms with E-state index in [-0.39, 0.29) is 44.6 Å². The van der Waals surface area contributed by atoms with Gasteiger partial charge in [-0.1, -0.05) is 142 Å². The van der Waals surface area contributed by atoms with Gasteiger partial charge in [0.2, 0.25) is 0 Å². The number of phosphoric acid groups is 1. The third-order valence-corrected chi connectivity index (χ3v) is 10.8. The molecular formula is C42H83NO11P+. The van der Waals surface area contributed by atoms with Crippen LogP contribution >= 0.6 is 7.82 Å². The first kappa shape index (κ1) is 51.9. The molecule has 0 radical (unpaired) electrons. The number of hydrogen-bond acceptors (Lipinski definition) is 10.